The van der Waals surface area contributed by atoms with E-state index in [1.165, 1.54) is 0 Å². The lowest BCUT2D eigenvalue weighted by atomic mass is 10.0. The Labute approximate surface area is 95.7 Å². The van der Waals surface area contributed by atoms with E-state index in [0.29, 0.717) is 0 Å². The Hall–Kier alpha value is -1.29. The minimum Gasteiger partial charge on any atom is -0.361 e. The van der Waals surface area contributed by atoms with Gasteiger partial charge in [0.15, 0.2) is 0 Å². The van der Waals surface area contributed by atoms with Gasteiger partial charge in [-0.3, -0.25) is 9.36 Å². The van der Waals surface area contributed by atoms with E-state index in [-0.39, 0.29) is 11.6 Å². The molecular weight excluding hydrogens is 202 g/mol. The van der Waals surface area contributed by atoms with E-state index in [4.69, 9.17) is 5.73 Å². The summed E-state index contributed by atoms with van der Waals surface area (Å²) >= 11 is 0. The van der Waals surface area contributed by atoms with Crippen LogP contribution in [-0.4, -0.2) is 18.2 Å². The molecule has 1 aliphatic heterocycles. The number of aryl methyl sites for hydroxylation is 1. The molecule has 0 fully saturated rings. The Morgan fingerprint density at radius 2 is 2.12 bits per heavy atom. The Kier molecular flexibility index (Phi) is 2.76. The molecule has 0 saturated heterocycles. The van der Waals surface area contributed by atoms with Gasteiger partial charge in [0.2, 0.25) is 0 Å². The maximum absolute atomic E-state index is 11.9. The van der Waals surface area contributed by atoms with Crippen molar-refractivity contribution in [3.8, 4) is 0 Å². The molecule has 4 nitrogen and oxygen atoms in total. The van der Waals surface area contributed by atoms with E-state index < -0.39 is 0 Å². The molecule has 16 heavy (non-hydrogen) atoms. The van der Waals surface area contributed by atoms with Gasteiger partial charge in [0, 0.05) is 37.8 Å². The van der Waals surface area contributed by atoms with E-state index in [1.807, 2.05) is 25.5 Å². The van der Waals surface area contributed by atoms with Crippen LogP contribution in [0, 0.1) is 6.92 Å². The van der Waals surface area contributed by atoms with Crippen LogP contribution in [0.1, 0.15) is 30.5 Å². The van der Waals surface area contributed by atoms with Crippen molar-refractivity contribution < 1.29 is 0 Å². The number of aromatic nitrogens is 1. The summed E-state index contributed by atoms with van der Waals surface area (Å²) in [6, 6.07) is 1.66. The Balaban J connectivity index is 2.74. The summed E-state index contributed by atoms with van der Waals surface area (Å²) in [6.07, 6.45) is 1.02. The molecule has 2 N–H and O–H groups in total. The quantitative estimate of drug-likeness (QED) is 0.770. The van der Waals surface area contributed by atoms with Gasteiger partial charge in [-0.25, -0.2) is 0 Å². The zero-order valence-corrected chi connectivity index (χ0v) is 10.2. The van der Waals surface area contributed by atoms with E-state index in [2.05, 4.69) is 4.90 Å². The molecule has 88 valence electrons. The van der Waals surface area contributed by atoms with Crippen molar-refractivity contribution in [3.63, 3.8) is 0 Å². The van der Waals surface area contributed by atoms with Crippen LogP contribution in [0.25, 0.3) is 0 Å². The van der Waals surface area contributed by atoms with Gasteiger partial charge in [0.1, 0.15) is 5.82 Å². The number of hydrogen-bond donors (Lipinski definition) is 1. The maximum atomic E-state index is 11.9. The molecule has 1 atom stereocenters. The number of nitrogens with zero attached hydrogens (tertiary/aromatic N) is 2. The first-order valence-electron chi connectivity index (χ1n) is 5.73. The lowest BCUT2D eigenvalue weighted by Crippen LogP contribution is -2.37. The molecule has 1 aliphatic rings. The monoisotopic (exact) mass is 221 g/mol. The summed E-state index contributed by atoms with van der Waals surface area (Å²) in [5, 5.41) is 0. The second-order valence-corrected chi connectivity index (χ2v) is 4.62. The Morgan fingerprint density at radius 1 is 1.44 bits per heavy atom. The molecule has 0 bridgehead atoms. The molecule has 1 aromatic rings. The molecule has 0 radical (unpaired) electrons. The number of fused-ring (bicyclic) bond motifs is 1. The summed E-state index contributed by atoms with van der Waals surface area (Å²) in [5.41, 5.74) is 8.19. The molecule has 1 unspecified atom stereocenters. The minimum absolute atomic E-state index is 0.0394. The highest BCUT2D eigenvalue weighted by Crippen LogP contribution is 2.28. The summed E-state index contributed by atoms with van der Waals surface area (Å²) in [7, 11) is 2.02. The van der Waals surface area contributed by atoms with Crippen LogP contribution in [0.2, 0.25) is 0 Å². The average Bonchev–Trinajstić information content (AvgIpc) is 2.19. The van der Waals surface area contributed by atoms with Gasteiger partial charge < -0.3 is 10.6 Å². The summed E-state index contributed by atoms with van der Waals surface area (Å²) in [4.78, 5) is 14.0. The normalized spacial score (nSPS) is 17.1. The van der Waals surface area contributed by atoms with Crippen LogP contribution in [0.15, 0.2) is 10.9 Å². The average molecular weight is 221 g/mol. The summed E-state index contributed by atoms with van der Waals surface area (Å²) < 4.78 is 1.84. The molecule has 0 saturated carbocycles. The van der Waals surface area contributed by atoms with Crippen LogP contribution in [-0.2, 0) is 6.54 Å². The summed E-state index contributed by atoms with van der Waals surface area (Å²) in [5.74, 6) is 1.01. The Morgan fingerprint density at radius 3 is 2.75 bits per heavy atom. The number of rotatable bonds is 1. The van der Waals surface area contributed by atoms with Crippen molar-refractivity contribution in [2.75, 3.05) is 18.5 Å². The predicted molar refractivity (Wildman–Crippen MR) is 65.9 cm³/mol. The molecule has 2 heterocycles. The van der Waals surface area contributed by atoms with E-state index in [0.717, 1.165) is 36.5 Å². The van der Waals surface area contributed by atoms with Gasteiger partial charge in [0.25, 0.3) is 5.56 Å². The topological polar surface area (TPSA) is 51.3 Å². The minimum atomic E-state index is -0.0394. The summed E-state index contributed by atoms with van der Waals surface area (Å²) in [6.45, 7) is 5.72. The molecule has 0 aromatic carbocycles. The van der Waals surface area contributed by atoms with Crippen LogP contribution in [0.3, 0.4) is 0 Å². The fraction of sp³-hybridized carbons (Fsp3) is 0.583. The van der Waals surface area contributed by atoms with E-state index in [9.17, 15) is 4.79 Å². The lowest BCUT2D eigenvalue weighted by molar-refractivity contribution is 0.555. The number of pyridine rings is 1. The molecule has 0 aliphatic carbocycles. The molecule has 1 aromatic heterocycles. The van der Waals surface area contributed by atoms with Crippen molar-refractivity contribution in [1.29, 1.82) is 0 Å². The molecule has 2 rings (SSSR count). The highest BCUT2D eigenvalue weighted by atomic mass is 16.1. The van der Waals surface area contributed by atoms with Gasteiger partial charge >= 0.3 is 0 Å². The van der Waals surface area contributed by atoms with Gasteiger partial charge in [-0.15, -0.1) is 0 Å². The van der Waals surface area contributed by atoms with Crippen LogP contribution in [0.4, 0.5) is 5.82 Å². The SMILES string of the molecule is Cc1cc(=O)n2c(c1C(C)N)N(C)CCC2. The molecule has 0 amide bonds. The van der Waals surface area contributed by atoms with Gasteiger partial charge in [-0.1, -0.05) is 0 Å². The zero-order chi connectivity index (χ0) is 11.9. The first-order chi connectivity index (χ1) is 7.52. The third-order valence-corrected chi connectivity index (χ3v) is 3.22. The van der Waals surface area contributed by atoms with Crippen molar-refractivity contribution in [1.82, 2.24) is 4.57 Å². The van der Waals surface area contributed by atoms with Crippen LogP contribution in [0.5, 0.6) is 0 Å². The maximum Gasteiger partial charge on any atom is 0.252 e. The van der Waals surface area contributed by atoms with Gasteiger partial charge in [-0.05, 0) is 25.8 Å². The van der Waals surface area contributed by atoms with Crippen molar-refractivity contribution in [2.24, 2.45) is 5.73 Å². The van der Waals surface area contributed by atoms with Crippen molar-refractivity contribution in [2.45, 2.75) is 32.9 Å². The third kappa shape index (κ3) is 1.63. The fourth-order valence-electron chi connectivity index (χ4n) is 2.53. The second kappa shape index (κ2) is 3.94. The number of nitrogens with two attached hydrogens (primary N) is 1. The first kappa shape index (κ1) is 11.2. The van der Waals surface area contributed by atoms with Crippen molar-refractivity contribution >= 4 is 5.82 Å². The highest BCUT2D eigenvalue weighted by molar-refractivity contribution is 5.53. The van der Waals surface area contributed by atoms with Crippen LogP contribution >= 0.6 is 0 Å². The van der Waals surface area contributed by atoms with Gasteiger partial charge in [-0.2, -0.15) is 0 Å². The van der Waals surface area contributed by atoms with Gasteiger partial charge in [0.05, 0.1) is 0 Å². The van der Waals surface area contributed by atoms with Crippen molar-refractivity contribution in [3.05, 3.63) is 27.5 Å². The fourth-order valence-corrected chi connectivity index (χ4v) is 2.53. The first-order valence-corrected chi connectivity index (χ1v) is 5.73. The predicted octanol–water partition coefficient (Wildman–Crippen LogP) is 1.02. The second-order valence-electron chi connectivity index (χ2n) is 4.62. The third-order valence-electron chi connectivity index (χ3n) is 3.22. The molecule has 4 heteroatoms. The largest absolute Gasteiger partial charge is 0.361 e. The highest BCUT2D eigenvalue weighted by Gasteiger charge is 2.22. The number of hydrogen-bond acceptors (Lipinski definition) is 3. The number of anilines is 1. The lowest BCUT2D eigenvalue weighted by Gasteiger charge is -2.32. The molecule has 0 spiro atoms. The van der Waals surface area contributed by atoms with Crippen LogP contribution < -0.4 is 16.2 Å². The van der Waals surface area contributed by atoms with E-state index >= 15 is 0 Å². The zero-order valence-electron chi connectivity index (χ0n) is 10.2. The molecular formula is C12H19N3O. The standard InChI is InChI=1S/C12H19N3O/c1-8-7-10(16)15-6-4-5-14(3)12(15)11(8)9(2)13/h7,9H,4-6,13H2,1-3H3. The smallest absolute Gasteiger partial charge is 0.252 e. The Bertz CT molecular complexity index is 462. The van der Waals surface area contributed by atoms with E-state index in [1.54, 1.807) is 6.07 Å².